The Morgan fingerprint density at radius 2 is 2.16 bits per heavy atom. The molecule has 1 aliphatic heterocycles. The summed E-state index contributed by atoms with van der Waals surface area (Å²) in [6.45, 7) is 3.90. The Morgan fingerprint density at radius 1 is 1.37 bits per heavy atom. The number of ether oxygens (including phenoxy) is 1. The van der Waals surface area contributed by atoms with E-state index in [0.717, 1.165) is 9.99 Å². The molecule has 19 heavy (non-hydrogen) atoms. The van der Waals surface area contributed by atoms with E-state index in [1.54, 1.807) is 12.1 Å². The van der Waals surface area contributed by atoms with Crippen molar-refractivity contribution in [1.82, 2.24) is 0 Å². The molecule has 0 bridgehead atoms. The van der Waals surface area contributed by atoms with Crippen molar-refractivity contribution < 1.29 is 13.2 Å². The van der Waals surface area contributed by atoms with Crippen LogP contribution in [0.3, 0.4) is 0 Å². The van der Waals surface area contributed by atoms with Gasteiger partial charge in [0.2, 0.25) is 0 Å². The van der Waals surface area contributed by atoms with Crippen LogP contribution >= 0.6 is 22.6 Å². The van der Waals surface area contributed by atoms with E-state index < -0.39 is 10.0 Å². The van der Waals surface area contributed by atoms with Crippen LogP contribution in [0.1, 0.15) is 13.3 Å². The first kappa shape index (κ1) is 14.7. The fraction of sp³-hybridized carbons (Fsp3) is 0.417. The Hall–Kier alpha value is -0.670. The minimum atomic E-state index is -3.55. The summed E-state index contributed by atoms with van der Waals surface area (Å²) in [6, 6.07) is 5.33. The van der Waals surface area contributed by atoms with Crippen LogP contribution in [0.15, 0.2) is 27.5 Å². The second kappa shape index (κ2) is 6.19. The quantitative estimate of drug-likeness (QED) is 0.568. The minimum absolute atomic E-state index is 0.261. The molecule has 0 aromatic heterocycles. The standard InChI is InChI=1S/C12H15IN2O3S/c1-2-6-18-7-5-15-9-14-19(16,17)12-8-10(13)3-4-11(12)15/h3-4,8-9H,2,5-7H2,1H3. The molecule has 2 rings (SSSR count). The predicted octanol–water partition coefficient (Wildman–Crippen LogP) is 2.25. The Balaban J connectivity index is 2.21. The normalized spacial score (nSPS) is 16.4. The van der Waals surface area contributed by atoms with Gasteiger partial charge < -0.3 is 9.64 Å². The number of benzene rings is 1. The van der Waals surface area contributed by atoms with Crippen LogP contribution in [0.5, 0.6) is 0 Å². The van der Waals surface area contributed by atoms with Crippen molar-refractivity contribution in [3.63, 3.8) is 0 Å². The SMILES string of the molecule is CCCOCCN1C=NS(=O)(=O)c2cc(I)ccc21. The van der Waals surface area contributed by atoms with Crippen LogP contribution in [0, 0.1) is 3.57 Å². The molecule has 0 fully saturated rings. The Bertz CT molecular complexity index is 587. The average molecular weight is 394 g/mol. The number of nitrogens with zero attached hydrogens (tertiary/aromatic N) is 2. The van der Waals surface area contributed by atoms with Gasteiger partial charge in [-0.1, -0.05) is 6.92 Å². The molecule has 1 aromatic carbocycles. The Labute approximate surface area is 126 Å². The maximum Gasteiger partial charge on any atom is 0.285 e. The summed E-state index contributed by atoms with van der Waals surface area (Å²) < 4.78 is 33.7. The van der Waals surface area contributed by atoms with E-state index in [1.807, 2.05) is 17.9 Å². The summed E-state index contributed by atoms with van der Waals surface area (Å²) in [5.41, 5.74) is 0.663. The lowest BCUT2D eigenvalue weighted by Crippen LogP contribution is -2.30. The summed E-state index contributed by atoms with van der Waals surface area (Å²) >= 11 is 2.09. The first-order valence-electron chi connectivity index (χ1n) is 5.99. The maximum atomic E-state index is 11.9. The molecule has 0 N–H and O–H groups in total. The summed E-state index contributed by atoms with van der Waals surface area (Å²) in [5.74, 6) is 0. The highest BCUT2D eigenvalue weighted by Gasteiger charge is 2.25. The van der Waals surface area contributed by atoms with Crippen molar-refractivity contribution in [2.45, 2.75) is 18.2 Å². The van der Waals surface area contributed by atoms with Gasteiger partial charge in [0.05, 0.1) is 12.3 Å². The topological polar surface area (TPSA) is 59.0 Å². The minimum Gasteiger partial charge on any atom is -0.380 e. The van der Waals surface area contributed by atoms with Gasteiger partial charge in [-0.05, 0) is 47.2 Å². The third kappa shape index (κ3) is 3.46. The first-order valence-corrected chi connectivity index (χ1v) is 8.51. The molecule has 0 saturated carbocycles. The molecule has 1 heterocycles. The van der Waals surface area contributed by atoms with E-state index >= 15 is 0 Å². The smallest absolute Gasteiger partial charge is 0.285 e. The number of hydrogen-bond acceptors (Lipinski definition) is 4. The molecule has 0 atom stereocenters. The van der Waals surface area contributed by atoms with Crippen LogP contribution < -0.4 is 4.90 Å². The molecular weight excluding hydrogens is 379 g/mol. The van der Waals surface area contributed by atoms with E-state index in [9.17, 15) is 8.42 Å². The number of rotatable bonds is 5. The fourth-order valence-corrected chi connectivity index (χ4v) is 3.54. The molecule has 0 amide bonds. The lowest BCUT2D eigenvalue weighted by Gasteiger charge is -2.25. The molecule has 104 valence electrons. The van der Waals surface area contributed by atoms with E-state index in [1.165, 1.54) is 6.34 Å². The number of fused-ring (bicyclic) bond motifs is 1. The second-order valence-electron chi connectivity index (χ2n) is 4.11. The van der Waals surface area contributed by atoms with E-state index in [0.29, 0.717) is 25.4 Å². The van der Waals surface area contributed by atoms with Gasteiger partial charge in [-0.3, -0.25) is 0 Å². The molecule has 5 nitrogen and oxygen atoms in total. The largest absolute Gasteiger partial charge is 0.380 e. The van der Waals surface area contributed by atoms with Crippen LogP contribution in [0.2, 0.25) is 0 Å². The first-order chi connectivity index (χ1) is 9.04. The van der Waals surface area contributed by atoms with Gasteiger partial charge in [0.1, 0.15) is 11.2 Å². The molecule has 0 unspecified atom stereocenters. The van der Waals surface area contributed by atoms with Crippen molar-refractivity contribution in [3.05, 3.63) is 21.8 Å². The summed E-state index contributed by atoms with van der Waals surface area (Å²) in [6.07, 6.45) is 2.33. The van der Waals surface area contributed by atoms with Gasteiger partial charge in [-0.15, -0.1) is 4.40 Å². The molecular formula is C12H15IN2O3S. The molecule has 0 saturated heterocycles. The van der Waals surface area contributed by atoms with E-state index in [2.05, 4.69) is 27.0 Å². The molecule has 1 aromatic rings. The van der Waals surface area contributed by atoms with Crippen LogP contribution in [-0.2, 0) is 14.8 Å². The van der Waals surface area contributed by atoms with Crippen molar-refractivity contribution in [1.29, 1.82) is 0 Å². The lowest BCUT2D eigenvalue weighted by atomic mass is 10.3. The molecule has 0 radical (unpaired) electrons. The van der Waals surface area contributed by atoms with Gasteiger partial charge in [-0.25, -0.2) is 0 Å². The maximum absolute atomic E-state index is 11.9. The monoisotopic (exact) mass is 394 g/mol. The van der Waals surface area contributed by atoms with Gasteiger partial charge in [0.25, 0.3) is 10.0 Å². The van der Waals surface area contributed by atoms with Crippen LogP contribution in [0.25, 0.3) is 0 Å². The summed E-state index contributed by atoms with van der Waals surface area (Å²) in [5, 5.41) is 0. The third-order valence-electron chi connectivity index (χ3n) is 2.66. The molecule has 7 heteroatoms. The van der Waals surface area contributed by atoms with E-state index in [4.69, 9.17) is 4.74 Å². The van der Waals surface area contributed by atoms with Crippen molar-refractivity contribution >= 4 is 44.6 Å². The number of hydrogen-bond donors (Lipinski definition) is 0. The Kier molecular flexibility index (Phi) is 4.80. The fourth-order valence-electron chi connectivity index (χ4n) is 1.76. The lowest BCUT2D eigenvalue weighted by molar-refractivity contribution is 0.142. The molecule has 1 aliphatic rings. The second-order valence-corrected chi connectivity index (χ2v) is 6.96. The zero-order chi connectivity index (χ0) is 13.9. The van der Waals surface area contributed by atoms with Crippen molar-refractivity contribution in [2.75, 3.05) is 24.7 Å². The summed E-state index contributed by atoms with van der Waals surface area (Å²) in [4.78, 5) is 2.07. The zero-order valence-electron chi connectivity index (χ0n) is 10.5. The predicted molar refractivity (Wildman–Crippen MR) is 83.3 cm³/mol. The van der Waals surface area contributed by atoms with Crippen molar-refractivity contribution in [3.8, 4) is 0 Å². The zero-order valence-corrected chi connectivity index (χ0v) is 13.5. The number of halogens is 1. The highest BCUT2D eigenvalue weighted by Crippen LogP contribution is 2.30. The average Bonchev–Trinajstić information content (AvgIpc) is 2.37. The highest BCUT2D eigenvalue weighted by molar-refractivity contribution is 14.1. The number of sulfonamides is 1. The summed E-state index contributed by atoms with van der Waals surface area (Å²) in [7, 11) is -3.55. The highest BCUT2D eigenvalue weighted by atomic mass is 127. The Morgan fingerprint density at radius 3 is 2.89 bits per heavy atom. The number of anilines is 1. The van der Waals surface area contributed by atoms with Crippen molar-refractivity contribution in [2.24, 2.45) is 4.40 Å². The molecule has 0 aliphatic carbocycles. The van der Waals surface area contributed by atoms with Crippen LogP contribution in [0.4, 0.5) is 5.69 Å². The van der Waals surface area contributed by atoms with Gasteiger partial charge >= 0.3 is 0 Å². The van der Waals surface area contributed by atoms with E-state index in [-0.39, 0.29) is 4.90 Å². The van der Waals surface area contributed by atoms with Gasteiger partial charge in [-0.2, -0.15) is 8.42 Å². The van der Waals surface area contributed by atoms with Crippen LogP contribution in [-0.4, -0.2) is 34.5 Å². The van der Waals surface area contributed by atoms with Gasteiger partial charge in [0, 0.05) is 16.7 Å². The third-order valence-corrected chi connectivity index (χ3v) is 4.59. The molecule has 0 spiro atoms. The van der Waals surface area contributed by atoms with Gasteiger partial charge in [0.15, 0.2) is 0 Å².